The van der Waals surface area contributed by atoms with E-state index in [2.05, 4.69) is 17.4 Å². The Labute approximate surface area is 116 Å². The maximum Gasteiger partial charge on any atom is 0.0406 e. The van der Waals surface area contributed by atoms with Crippen molar-refractivity contribution < 1.29 is 0 Å². The van der Waals surface area contributed by atoms with Crippen molar-refractivity contribution in [3.8, 4) is 0 Å². The van der Waals surface area contributed by atoms with E-state index in [9.17, 15) is 0 Å². The fourth-order valence-electron chi connectivity index (χ4n) is 2.76. The van der Waals surface area contributed by atoms with E-state index in [4.69, 9.17) is 11.6 Å². The van der Waals surface area contributed by atoms with Gasteiger partial charge in [-0.3, -0.25) is 0 Å². The van der Waals surface area contributed by atoms with Crippen molar-refractivity contribution in [2.24, 2.45) is 5.92 Å². The number of hydrogen-bond acceptors (Lipinski definition) is 1. The normalized spacial score (nSPS) is 17.6. The monoisotopic (exact) mass is 265 g/mol. The zero-order chi connectivity index (χ0) is 12.6. The van der Waals surface area contributed by atoms with Crippen molar-refractivity contribution in [2.75, 3.05) is 13.1 Å². The highest BCUT2D eigenvalue weighted by atomic mass is 35.5. The summed E-state index contributed by atoms with van der Waals surface area (Å²) in [4.78, 5) is 0. The summed E-state index contributed by atoms with van der Waals surface area (Å²) in [6.07, 6.45) is 9.71. The number of benzene rings is 1. The van der Waals surface area contributed by atoms with Gasteiger partial charge in [-0.05, 0) is 56.0 Å². The van der Waals surface area contributed by atoms with E-state index in [1.54, 1.807) is 0 Å². The summed E-state index contributed by atoms with van der Waals surface area (Å²) in [6, 6.07) is 8.19. The summed E-state index contributed by atoms with van der Waals surface area (Å²) in [5, 5.41) is 4.44. The molecule has 100 valence electrons. The molecular weight excluding hydrogens is 242 g/mol. The van der Waals surface area contributed by atoms with Gasteiger partial charge < -0.3 is 5.32 Å². The predicted molar refractivity (Wildman–Crippen MR) is 79.2 cm³/mol. The summed E-state index contributed by atoms with van der Waals surface area (Å²) >= 11 is 5.87. The molecule has 18 heavy (non-hydrogen) atoms. The number of halogens is 1. The van der Waals surface area contributed by atoms with Crippen LogP contribution in [0.25, 0.3) is 0 Å². The molecule has 0 heterocycles. The molecule has 1 aliphatic carbocycles. The lowest BCUT2D eigenvalue weighted by Crippen LogP contribution is -2.24. The van der Waals surface area contributed by atoms with E-state index in [1.807, 2.05) is 12.1 Å². The number of rotatable bonds is 5. The molecule has 1 saturated carbocycles. The van der Waals surface area contributed by atoms with Gasteiger partial charge in [0, 0.05) is 5.02 Å². The minimum absolute atomic E-state index is 0.824. The molecule has 1 aromatic carbocycles. The molecule has 1 fully saturated rings. The van der Waals surface area contributed by atoms with Crippen LogP contribution in [0, 0.1) is 5.92 Å². The first-order valence-corrected chi connectivity index (χ1v) is 7.67. The number of hydrogen-bond donors (Lipinski definition) is 1. The molecule has 0 amide bonds. The standard InChI is InChI=1S/C16H24ClN/c17-16-9-7-14(8-10-16)11-12-18-13-15-5-3-1-2-4-6-15/h7-10,15,18H,1-6,11-13H2. The third-order valence-electron chi connectivity index (χ3n) is 3.91. The molecule has 1 aliphatic rings. The van der Waals surface area contributed by atoms with Crippen molar-refractivity contribution in [2.45, 2.75) is 44.9 Å². The lowest BCUT2D eigenvalue weighted by atomic mass is 10.0. The molecular formula is C16H24ClN. The zero-order valence-electron chi connectivity index (χ0n) is 11.1. The molecule has 1 aromatic rings. The minimum atomic E-state index is 0.824. The Morgan fingerprint density at radius 1 is 1.00 bits per heavy atom. The molecule has 0 radical (unpaired) electrons. The van der Waals surface area contributed by atoms with Gasteiger partial charge in [-0.1, -0.05) is 49.4 Å². The molecule has 0 saturated heterocycles. The van der Waals surface area contributed by atoms with Gasteiger partial charge in [0.1, 0.15) is 0 Å². The third-order valence-corrected chi connectivity index (χ3v) is 4.16. The Kier molecular flexibility index (Phi) is 6.02. The Balaban J connectivity index is 1.61. The molecule has 1 nitrogen and oxygen atoms in total. The molecule has 0 spiro atoms. The molecule has 0 aromatic heterocycles. The average molecular weight is 266 g/mol. The largest absolute Gasteiger partial charge is 0.316 e. The predicted octanol–water partition coefficient (Wildman–Crippen LogP) is 4.44. The van der Waals surface area contributed by atoms with E-state index in [-0.39, 0.29) is 0 Å². The van der Waals surface area contributed by atoms with Crippen LogP contribution in [0.15, 0.2) is 24.3 Å². The molecule has 0 atom stereocenters. The second-order valence-corrected chi connectivity index (χ2v) is 5.87. The van der Waals surface area contributed by atoms with Crippen molar-refractivity contribution in [3.05, 3.63) is 34.9 Å². The van der Waals surface area contributed by atoms with Gasteiger partial charge in [0.25, 0.3) is 0 Å². The smallest absolute Gasteiger partial charge is 0.0406 e. The van der Waals surface area contributed by atoms with Crippen molar-refractivity contribution >= 4 is 11.6 Å². The Morgan fingerprint density at radius 2 is 1.67 bits per heavy atom. The highest BCUT2D eigenvalue weighted by Crippen LogP contribution is 2.22. The van der Waals surface area contributed by atoms with Crippen LogP contribution in [0.3, 0.4) is 0 Å². The fourth-order valence-corrected chi connectivity index (χ4v) is 2.88. The second kappa shape index (κ2) is 7.81. The maximum absolute atomic E-state index is 5.87. The summed E-state index contributed by atoms with van der Waals surface area (Å²) in [5.41, 5.74) is 1.37. The minimum Gasteiger partial charge on any atom is -0.316 e. The van der Waals surface area contributed by atoms with E-state index in [0.29, 0.717) is 0 Å². The maximum atomic E-state index is 5.87. The van der Waals surface area contributed by atoms with Crippen LogP contribution in [0.1, 0.15) is 44.1 Å². The highest BCUT2D eigenvalue weighted by molar-refractivity contribution is 6.30. The Bertz CT molecular complexity index is 325. The van der Waals surface area contributed by atoms with Crippen LogP contribution in [0.4, 0.5) is 0 Å². The molecule has 2 rings (SSSR count). The van der Waals surface area contributed by atoms with Crippen LogP contribution in [0.5, 0.6) is 0 Å². The highest BCUT2D eigenvalue weighted by Gasteiger charge is 2.11. The van der Waals surface area contributed by atoms with Gasteiger partial charge in [0.15, 0.2) is 0 Å². The molecule has 2 heteroatoms. The molecule has 0 bridgehead atoms. The third kappa shape index (κ3) is 4.99. The van der Waals surface area contributed by atoms with E-state index >= 15 is 0 Å². The van der Waals surface area contributed by atoms with Gasteiger partial charge in [-0.25, -0.2) is 0 Å². The van der Waals surface area contributed by atoms with Crippen molar-refractivity contribution in [1.29, 1.82) is 0 Å². The molecule has 0 unspecified atom stereocenters. The van der Waals surface area contributed by atoms with Crippen LogP contribution < -0.4 is 5.32 Å². The van der Waals surface area contributed by atoms with E-state index in [0.717, 1.165) is 23.9 Å². The topological polar surface area (TPSA) is 12.0 Å². The summed E-state index contributed by atoms with van der Waals surface area (Å²) < 4.78 is 0. The zero-order valence-corrected chi connectivity index (χ0v) is 11.9. The lowest BCUT2D eigenvalue weighted by Gasteiger charge is -2.14. The lowest BCUT2D eigenvalue weighted by molar-refractivity contribution is 0.427. The number of nitrogens with one attached hydrogen (secondary N) is 1. The Hall–Kier alpha value is -0.530. The van der Waals surface area contributed by atoms with Gasteiger partial charge >= 0.3 is 0 Å². The van der Waals surface area contributed by atoms with Gasteiger partial charge in [0.05, 0.1) is 0 Å². The van der Waals surface area contributed by atoms with Gasteiger partial charge in [-0.2, -0.15) is 0 Å². The van der Waals surface area contributed by atoms with Crippen LogP contribution >= 0.6 is 11.6 Å². The average Bonchev–Trinajstić information content (AvgIpc) is 2.65. The van der Waals surface area contributed by atoms with Crippen LogP contribution in [-0.2, 0) is 6.42 Å². The second-order valence-electron chi connectivity index (χ2n) is 5.44. The molecule has 0 aliphatic heterocycles. The van der Waals surface area contributed by atoms with Crippen molar-refractivity contribution in [3.63, 3.8) is 0 Å². The summed E-state index contributed by atoms with van der Waals surface area (Å²) in [6.45, 7) is 2.28. The van der Waals surface area contributed by atoms with Crippen molar-refractivity contribution in [1.82, 2.24) is 5.32 Å². The van der Waals surface area contributed by atoms with Gasteiger partial charge in [-0.15, -0.1) is 0 Å². The Morgan fingerprint density at radius 3 is 2.33 bits per heavy atom. The van der Waals surface area contributed by atoms with Crippen LogP contribution in [0.2, 0.25) is 5.02 Å². The van der Waals surface area contributed by atoms with E-state index < -0.39 is 0 Å². The molecule has 1 N–H and O–H groups in total. The van der Waals surface area contributed by atoms with Crippen LogP contribution in [-0.4, -0.2) is 13.1 Å². The first-order chi connectivity index (χ1) is 8.84. The van der Waals surface area contributed by atoms with E-state index in [1.165, 1.54) is 50.6 Å². The fraction of sp³-hybridized carbons (Fsp3) is 0.625. The van der Waals surface area contributed by atoms with Gasteiger partial charge in [0.2, 0.25) is 0 Å². The summed E-state index contributed by atoms with van der Waals surface area (Å²) in [7, 11) is 0. The SMILES string of the molecule is Clc1ccc(CCNCC2CCCCCC2)cc1. The first kappa shape index (κ1) is 13.9. The summed E-state index contributed by atoms with van der Waals surface area (Å²) in [5.74, 6) is 0.915. The quantitative estimate of drug-likeness (QED) is 0.613. The first-order valence-electron chi connectivity index (χ1n) is 7.30.